The quantitative estimate of drug-likeness (QED) is 0.697. The molecule has 0 atom stereocenters. The maximum Gasteiger partial charge on any atom is 0.306 e. The Labute approximate surface area is 155 Å². The van der Waals surface area contributed by atoms with Crippen molar-refractivity contribution in [3.05, 3.63) is 23.8 Å². The summed E-state index contributed by atoms with van der Waals surface area (Å²) in [4.78, 5) is 26.1. The Hall–Kier alpha value is -2.24. The normalized spacial score (nSPS) is 14.9. The Bertz CT molecular complexity index is 594. The Morgan fingerprint density at radius 1 is 1.00 bits per heavy atom. The molecule has 1 heterocycles. The zero-order valence-electron chi connectivity index (χ0n) is 15.8. The molecule has 1 saturated heterocycles. The van der Waals surface area contributed by atoms with Gasteiger partial charge in [0, 0.05) is 19.5 Å². The van der Waals surface area contributed by atoms with Crippen molar-refractivity contribution in [3.8, 4) is 11.5 Å². The number of aryl methyl sites for hydroxylation is 1. The van der Waals surface area contributed by atoms with E-state index in [1.54, 1.807) is 14.2 Å². The molecule has 0 radical (unpaired) electrons. The van der Waals surface area contributed by atoms with E-state index in [0.29, 0.717) is 17.9 Å². The molecular formula is C20H29NO5. The number of carbonyl (C=O) groups is 2. The van der Waals surface area contributed by atoms with Gasteiger partial charge in [0.05, 0.1) is 14.2 Å². The van der Waals surface area contributed by atoms with E-state index < -0.39 is 0 Å². The lowest BCUT2D eigenvalue weighted by atomic mass is 10.1. The molecule has 1 fully saturated rings. The number of hydrogen-bond donors (Lipinski definition) is 0. The first kappa shape index (κ1) is 20.1. The van der Waals surface area contributed by atoms with Gasteiger partial charge in [-0.3, -0.25) is 9.59 Å². The smallest absolute Gasteiger partial charge is 0.306 e. The summed E-state index contributed by atoms with van der Waals surface area (Å²) in [6.45, 7) is 1.35. The molecule has 0 N–H and O–H groups in total. The first-order chi connectivity index (χ1) is 12.7. The molecule has 1 aliphatic rings. The van der Waals surface area contributed by atoms with Crippen LogP contribution in [0.3, 0.4) is 0 Å². The number of para-hydroxylation sites is 1. The predicted molar refractivity (Wildman–Crippen MR) is 98.5 cm³/mol. The molecule has 1 aliphatic heterocycles. The number of likely N-dealkylation sites (tertiary alicyclic amines) is 1. The van der Waals surface area contributed by atoms with E-state index in [4.69, 9.17) is 14.2 Å². The average molecular weight is 363 g/mol. The van der Waals surface area contributed by atoms with Crippen LogP contribution >= 0.6 is 0 Å². The number of esters is 1. The largest absolute Gasteiger partial charge is 0.493 e. The van der Waals surface area contributed by atoms with Crippen LogP contribution in [0.5, 0.6) is 11.5 Å². The van der Waals surface area contributed by atoms with Crippen molar-refractivity contribution in [2.75, 3.05) is 33.9 Å². The SMILES string of the molecule is COc1cccc(CCC(=O)OCC(=O)N2CCCCCCC2)c1OC. The van der Waals surface area contributed by atoms with Crippen LogP contribution in [0.15, 0.2) is 18.2 Å². The first-order valence-electron chi connectivity index (χ1n) is 9.29. The van der Waals surface area contributed by atoms with Crippen molar-refractivity contribution in [2.45, 2.75) is 44.9 Å². The number of rotatable bonds is 7. The number of nitrogens with zero attached hydrogens (tertiary/aromatic N) is 1. The molecule has 0 bridgehead atoms. The number of benzene rings is 1. The molecule has 0 spiro atoms. The monoisotopic (exact) mass is 363 g/mol. The van der Waals surface area contributed by atoms with E-state index in [9.17, 15) is 9.59 Å². The predicted octanol–water partition coefficient (Wildman–Crippen LogP) is 2.97. The van der Waals surface area contributed by atoms with Crippen molar-refractivity contribution >= 4 is 11.9 Å². The maximum absolute atomic E-state index is 12.2. The highest BCUT2D eigenvalue weighted by atomic mass is 16.5. The molecule has 1 amide bonds. The molecule has 0 aromatic heterocycles. The van der Waals surface area contributed by atoms with Crippen molar-refractivity contribution < 1.29 is 23.8 Å². The van der Waals surface area contributed by atoms with Crippen LogP contribution in [0.4, 0.5) is 0 Å². The van der Waals surface area contributed by atoms with Gasteiger partial charge in [-0.05, 0) is 30.9 Å². The summed E-state index contributed by atoms with van der Waals surface area (Å²) in [6.07, 6.45) is 6.27. The minimum Gasteiger partial charge on any atom is -0.493 e. The van der Waals surface area contributed by atoms with E-state index in [1.165, 1.54) is 6.42 Å². The lowest BCUT2D eigenvalue weighted by Crippen LogP contribution is -2.36. The minimum absolute atomic E-state index is 0.0980. The van der Waals surface area contributed by atoms with Crippen molar-refractivity contribution in [1.29, 1.82) is 0 Å². The number of carbonyl (C=O) groups excluding carboxylic acids is 2. The first-order valence-corrected chi connectivity index (χ1v) is 9.29. The Kier molecular flexibility index (Phi) is 8.25. The summed E-state index contributed by atoms with van der Waals surface area (Å²) in [5, 5.41) is 0. The standard InChI is InChI=1S/C20H29NO5/c1-24-17-10-8-9-16(20(17)25-2)11-12-19(23)26-15-18(22)21-13-6-4-3-5-7-14-21/h8-10H,3-7,11-15H2,1-2H3. The van der Waals surface area contributed by atoms with Gasteiger partial charge in [0.2, 0.25) is 0 Å². The molecule has 6 nitrogen and oxygen atoms in total. The van der Waals surface area contributed by atoms with E-state index >= 15 is 0 Å². The molecule has 0 unspecified atom stereocenters. The number of methoxy groups -OCH3 is 2. The molecule has 2 rings (SSSR count). The van der Waals surface area contributed by atoms with Crippen molar-refractivity contribution in [1.82, 2.24) is 4.90 Å². The van der Waals surface area contributed by atoms with Crippen LogP contribution in [-0.2, 0) is 20.7 Å². The molecule has 26 heavy (non-hydrogen) atoms. The average Bonchev–Trinajstić information content (AvgIpc) is 2.63. The highest BCUT2D eigenvalue weighted by Gasteiger charge is 2.17. The number of ether oxygens (including phenoxy) is 3. The summed E-state index contributed by atoms with van der Waals surface area (Å²) >= 11 is 0. The topological polar surface area (TPSA) is 65.1 Å². The number of hydrogen-bond acceptors (Lipinski definition) is 5. The minimum atomic E-state index is -0.379. The Balaban J connectivity index is 1.79. The van der Waals surface area contributed by atoms with Gasteiger partial charge in [0.1, 0.15) is 0 Å². The van der Waals surface area contributed by atoms with Crippen LogP contribution < -0.4 is 9.47 Å². The second-order valence-electron chi connectivity index (χ2n) is 6.46. The van der Waals surface area contributed by atoms with E-state index in [-0.39, 0.29) is 24.9 Å². The van der Waals surface area contributed by atoms with Gasteiger partial charge in [0.25, 0.3) is 5.91 Å². The Morgan fingerprint density at radius 3 is 2.35 bits per heavy atom. The molecule has 1 aromatic rings. The lowest BCUT2D eigenvalue weighted by Gasteiger charge is -2.24. The zero-order valence-corrected chi connectivity index (χ0v) is 15.8. The molecule has 1 aromatic carbocycles. The fraction of sp³-hybridized carbons (Fsp3) is 0.600. The summed E-state index contributed by atoms with van der Waals surface area (Å²) in [6, 6.07) is 5.55. The fourth-order valence-corrected chi connectivity index (χ4v) is 3.19. The third-order valence-corrected chi connectivity index (χ3v) is 4.65. The number of amides is 1. The van der Waals surface area contributed by atoms with Crippen LogP contribution in [0.2, 0.25) is 0 Å². The molecule has 6 heteroatoms. The van der Waals surface area contributed by atoms with Crippen molar-refractivity contribution in [2.24, 2.45) is 0 Å². The maximum atomic E-state index is 12.2. The van der Waals surface area contributed by atoms with Gasteiger partial charge in [0.15, 0.2) is 18.1 Å². The summed E-state index contributed by atoms with van der Waals surface area (Å²) in [7, 11) is 3.15. The van der Waals surface area contributed by atoms with Crippen molar-refractivity contribution in [3.63, 3.8) is 0 Å². The summed E-state index contributed by atoms with van der Waals surface area (Å²) < 4.78 is 15.8. The molecule has 144 valence electrons. The second-order valence-corrected chi connectivity index (χ2v) is 6.46. The fourth-order valence-electron chi connectivity index (χ4n) is 3.19. The molecular weight excluding hydrogens is 334 g/mol. The summed E-state index contributed by atoms with van der Waals surface area (Å²) in [5.74, 6) is 0.777. The van der Waals surface area contributed by atoms with Gasteiger partial charge < -0.3 is 19.1 Å². The molecule has 0 aliphatic carbocycles. The van der Waals surface area contributed by atoms with Gasteiger partial charge in [-0.1, -0.05) is 31.4 Å². The summed E-state index contributed by atoms with van der Waals surface area (Å²) in [5.41, 5.74) is 0.874. The van der Waals surface area contributed by atoms with Crippen LogP contribution in [-0.4, -0.2) is 50.7 Å². The molecule has 0 saturated carbocycles. The third-order valence-electron chi connectivity index (χ3n) is 4.65. The van der Waals surface area contributed by atoms with E-state index in [1.807, 2.05) is 23.1 Å². The lowest BCUT2D eigenvalue weighted by molar-refractivity contribution is -0.152. The van der Waals surface area contributed by atoms with Crippen LogP contribution in [0.25, 0.3) is 0 Å². The Morgan fingerprint density at radius 2 is 1.69 bits per heavy atom. The highest BCUT2D eigenvalue weighted by Crippen LogP contribution is 2.31. The zero-order chi connectivity index (χ0) is 18.8. The van der Waals surface area contributed by atoms with E-state index in [0.717, 1.165) is 44.3 Å². The van der Waals surface area contributed by atoms with Crippen LogP contribution in [0.1, 0.15) is 44.1 Å². The van der Waals surface area contributed by atoms with Crippen LogP contribution in [0, 0.1) is 0 Å². The van der Waals surface area contributed by atoms with Gasteiger partial charge in [-0.2, -0.15) is 0 Å². The highest BCUT2D eigenvalue weighted by molar-refractivity contribution is 5.80. The van der Waals surface area contributed by atoms with E-state index in [2.05, 4.69) is 0 Å². The van der Waals surface area contributed by atoms with Gasteiger partial charge in [-0.25, -0.2) is 0 Å². The van der Waals surface area contributed by atoms with Gasteiger partial charge in [-0.15, -0.1) is 0 Å². The second kappa shape index (κ2) is 10.7. The van der Waals surface area contributed by atoms with Gasteiger partial charge >= 0.3 is 5.97 Å². The third kappa shape index (κ3) is 5.93.